The van der Waals surface area contributed by atoms with Crippen molar-refractivity contribution in [3.05, 3.63) is 39.6 Å². The number of hydrogen-bond donors (Lipinski definition) is 3. The Morgan fingerprint density at radius 2 is 2.23 bits per heavy atom. The third kappa shape index (κ3) is 4.14. The van der Waals surface area contributed by atoms with Crippen LogP contribution in [-0.2, 0) is 4.79 Å². The molecule has 0 spiro atoms. The molecule has 1 amide bonds. The van der Waals surface area contributed by atoms with Crippen molar-refractivity contribution in [2.24, 2.45) is 11.1 Å². The second-order valence-electron chi connectivity index (χ2n) is 8.35. The molecule has 4 N–H and O–H groups in total. The minimum Gasteiger partial charge on any atom is -0.359 e. The van der Waals surface area contributed by atoms with E-state index in [0.29, 0.717) is 21.2 Å². The smallest absolute Gasteiger partial charge is 0.225 e. The first kappa shape index (κ1) is 22.0. The first-order chi connectivity index (χ1) is 14.7. The predicted molar refractivity (Wildman–Crippen MR) is 125 cm³/mol. The van der Waals surface area contributed by atoms with Gasteiger partial charge in [0, 0.05) is 35.8 Å². The van der Waals surface area contributed by atoms with Crippen LogP contribution in [0.1, 0.15) is 44.7 Å². The summed E-state index contributed by atoms with van der Waals surface area (Å²) < 4.78 is 2.40. The van der Waals surface area contributed by atoms with Crippen molar-refractivity contribution in [2.75, 3.05) is 12.4 Å². The van der Waals surface area contributed by atoms with E-state index >= 15 is 0 Å². The van der Waals surface area contributed by atoms with Gasteiger partial charge in [-0.25, -0.2) is 9.67 Å². The number of fused-ring (bicyclic) bond motifs is 1. The molecule has 1 aliphatic rings. The monoisotopic (exact) mass is 505 g/mol. The van der Waals surface area contributed by atoms with Gasteiger partial charge in [-0.05, 0) is 65.9 Å². The van der Waals surface area contributed by atoms with Gasteiger partial charge in [-0.3, -0.25) is 4.79 Å². The van der Waals surface area contributed by atoms with Crippen LogP contribution in [-0.4, -0.2) is 38.7 Å². The van der Waals surface area contributed by atoms with Crippen molar-refractivity contribution < 1.29 is 4.79 Å². The summed E-state index contributed by atoms with van der Waals surface area (Å²) in [6.07, 6.45) is 4.17. The quantitative estimate of drug-likeness (QED) is 0.483. The Kier molecular flexibility index (Phi) is 5.93. The fourth-order valence-corrected chi connectivity index (χ4v) is 4.91. The lowest BCUT2D eigenvalue weighted by Crippen LogP contribution is -2.35. The Bertz CT molecular complexity index is 1150. The highest BCUT2D eigenvalue weighted by atomic mass is 79.9. The van der Waals surface area contributed by atoms with E-state index in [4.69, 9.17) is 22.3 Å². The van der Waals surface area contributed by atoms with Crippen LogP contribution in [0.15, 0.2) is 29.0 Å². The van der Waals surface area contributed by atoms with Gasteiger partial charge in [0.05, 0.1) is 11.1 Å². The maximum atomic E-state index is 12.2. The zero-order valence-corrected chi connectivity index (χ0v) is 20.0. The number of nitrogens with zero attached hydrogens (tertiary/aromatic N) is 4. The molecule has 1 aromatic carbocycles. The van der Waals surface area contributed by atoms with Crippen LogP contribution in [0.25, 0.3) is 16.7 Å². The molecule has 8 nitrogen and oxygen atoms in total. The summed E-state index contributed by atoms with van der Waals surface area (Å²) in [5.74, 6) is 0.580. The van der Waals surface area contributed by atoms with E-state index in [0.717, 1.165) is 35.9 Å². The van der Waals surface area contributed by atoms with Gasteiger partial charge in [0.1, 0.15) is 4.60 Å². The topological polar surface area (TPSA) is 111 Å². The Hall–Kier alpha value is -2.23. The average Bonchev–Trinajstić information content (AvgIpc) is 3.28. The molecule has 10 heteroatoms. The molecule has 0 saturated heterocycles. The lowest BCUT2D eigenvalue weighted by Gasteiger charge is -2.22. The average molecular weight is 507 g/mol. The van der Waals surface area contributed by atoms with Crippen LogP contribution in [0.5, 0.6) is 0 Å². The van der Waals surface area contributed by atoms with Gasteiger partial charge in [-0.1, -0.05) is 18.5 Å². The van der Waals surface area contributed by atoms with Crippen LogP contribution in [0.3, 0.4) is 0 Å². The van der Waals surface area contributed by atoms with Crippen LogP contribution in [0, 0.1) is 5.41 Å². The molecule has 31 heavy (non-hydrogen) atoms. The summed E-state index contributed by atoms with van der Waals surface area (Å²) in [5, 5.41) is 12.2. The molecule has 164 valence electrons. The minimum atomic E-state index is -0.375. The summed E-state index contributed by atoms with van der Waals surface area (Å²) in [6.45, 7) is 3.89. The molecule has 0 unspecified atom stereocenters. The number of nitrogens with two attached hydrogens (primary N) is 1. The number of hydrogen-bond acceptors (Lipinski definition) is 6. The number of aromatic nitrogens is 4. The first-order valence-electron chi connectivity index (χ1n) is 10.2. The van der Waals surface area contributed by atoms with E-state index in [2.05, 4.69) is 36.6 Å². The molecule has 4 rings (SSSR count). The summed E-state index contributed by atoms with van der Waals surface area (Å²) in [4.78, 5) is 21.4. The van der Waals surface area contributed by atoms with Crippen molar-refractivity contribution in [1.82, 2.24) is 25.1 Å². The van der Waals surface area contributed by atoms with Crippen LogP contribution >= 0.6 is 27.5 Å². The minimum absolute atomic E-state index is 0.0721. The summed E-state index contributed by atoms with van der Waals surface area (Å²) in [6, 6.07) is 5.54. The molecule has 2 heterocycles. The van der Waals surface area contributed by atoms with Crippen molar-refractivity contribution >= 4 is 50.4 Å². The van der Waals surface area contributed by atoms with E-state index in [1.165, 1.54) is 0 Å². The fraction of sp³-hybridized carbons (Fsp3) is 0.429. The van der Waals surface area contributed by atoms with Gasteiger partial charge in [0.25, 0.3) is 0 Å². The van der Waals surface area contributed by atoms with E-state index in [1.807, 2.05) is 32.0 Å². The largest absolute Gasteiger partial charge is 0.359 e. The number of anilines is 1. The number of carbonyl (C=O) groups is 1. The molecular formula is C21H25BrClN7O. The Balaban J connectivity index is 1.66. The van der Waals surface area contributed by atoms with E-state index in [1.54, 1.807) is 17.9 Å². The molecule has 0 radical (unpaired) electrons. The SMILES string of the molecule is CNC(=O)[C@]1(C)CC[C@@H](Nc2ncc3c(Br)nn(-c4ccc(Cl)c([C@H](C)N)c4)c3n2)C1. The Labute approximate surface area is 194 Å². The number of nitrogens with one attached hydrogen (secondary N) is 2. The van der Waals surface area contributed by atoms with Crippen LogP contribution in [0.4, 0.5) is 5.95 Å². The molecule has 1 aliphatic carbocycles. The molecule has 3 aromatic rings. The molecule has 0 bridgehead atoms. The highest BCUT2D eigenvalue weighted by molar-refractivity contribution is 9.10. The van der Waals surface area contributed by atoms with E-state index in [-0.39, 0.29) is 23.4 Å². The standard InChI is InChI=1S/C21H25BrClN7O/c1-11(24)14-8-13(4-5-16(14)23)30-18-15(17(22)29-30)10-26-20(28-18)27-12-6-7-21(2,9-12)19(31)25-3/h4-5,8,10-12H,6-7,9,24H2,1-3H3,(H,25,31)(H,26,27,28)/t11-,12+,21+/m0/s1. The van der Waals surface area contributed by atoms with E-state index in [9.17, 15) is 4.79 Å². The van der Waals surface area contributed by atoms with Gasteiger partial charge < -0.3 is 16.4 Å². The molecule has 1 fully saturated rings. The van der Waals surface area contributed by atoms with Crippen molar-refractivity contribution in [3.63, 3.8) is 0 Å². The molecule has 1 saturated carbocycles. The fourth-order valence-electron chi connectivity index (χ4n) is 4.18. The third-order valence-corrected chi connectivity index (χ3v) is 6.87. The number of carbonyl (C=O) groups excluding carboxylic acids is 1. The van der Waals surface area contributed by atoms with Crippen molar-refractivity contribution in [2.45, 2.75) is 45.2 Å². The lowest BCUT2D eigenvalue weighted by molar-refractivity contribution is -0.129. The van der Waals surface area contributed by atoms with Gasteiger partial charge in [-0.15, -0.1) is 0 Å². The zero-order chi connectivity index (χ0) is 22.3. The van der Waals surface area contributed by atoms with Crippen molar-refractivity contribution in [3.8, 4) is 5.69 Å². The van der Waals surface area contributed by atoms with Crippen molar-refractivity contribution in [1.29, 1.82) is 0 Å². The molecular weight excluding hydrogens is 482 g/mol. The molecule has 0 aliphatic heterocycles. The maximum absolute atomic E-state index is 12.2. The molecule has 3 atom stereocenters. The zero-order valence-electron chi connectivity index (χ0n) is 17.6. The normalized spacial score (nSPS) is 21.9. The highest BCUT2D eigenvalue weighted by Crippen LogP contribution is 2.39. The maximum Gasteiger partial charge on any atom is 0.225 e. The molecule has 2 aromatic heterocycles. The Morgan fingerprint density at radius 3 is 2.94 bits per heavy atom. The van der Waals surface area contributed by atoms with Crippen LogP contribution in [0.2, 0.25) is 5.02 Å². The second kappa shape index (κ2) is 8.37. The summed E-state index contributed by atoms with van der Waals surface area (Å²) >= 11 is 9.80. The summed E-state index contributed by atoms with van der Waals surface area (Å²) in [7, 11) is 1.68. The van der Waals surface area contributed by atoms with Gasteiger partial charge in [0.15, 0.2) is 5.65 Å². The number of halogens is 2. The number of rotatable bonds is 5. The highest BCUT2D eigenvalue weighted by Gasteiger charge is 2.40. The lowest BCUT2D eigenvalue weighted by atomic mass is 9.87. The van der Waals surface area contributed by atoms with Gasteiger partial charge in [0.2, 0.25) is 11.9 Å². The Morgan fingerprint density at radius 1 is 1.45 bits per heavy atom. The van der Waals surface area contributed by atoms with E-state index < -0.39 is 0 Å². The predicted octanol–water partition coefficient (Wildman–Crippen LogP) is 3.97. The first-order valence-corrected chi connectivity index (χ1v) is 11.3. The second-order valence-corrected chi connectivity index (χ2v) is 9.51. The van der Waals surface area contributed by atoms with Gasteiger partial charge in [-0.2, -0.15) is 10.1 Å². The number of benzene rings is 1. The van der Waals surface area contributed by atoms with Crippen LogP contribution < -0.4 is 16.4 Å². The third-order valence-electron chi connectivity index (χ3n) is 5.94. The summed E-state index contributed by atoms with van der Waals surface area (Å²) in [5.41, 5.74) is 8.00. The number of amides is 1. The van der Waals surface area contributed by atoms with Gasteiger partial charge >= 0.3 is 0 Å².